The van der Waals surface area contributed by atoms with Crippen LogP contribution in [0.15, 0.2) is 42.5 Å². The van der Waals surface area contributed by atoms with Gasteiger partial charge in [0.2, 0.25) is 5.91 Å². The van der Waals surface area contributed by atoms with E-state index in [1.165, 1.54) is 16.3 Å². The molecule has 23 heavy (non-hydrogen) atoms. The molecule has 4 heteroatoms. The molecular formula is C19H24N2O2. The summed E-state index contributed by atoms with van der Waals surface area (Å²) in [5.41, 5.74) is 7.10. The highest BCUT2D eigenvalue weighted by molar-refractivity contribution is 5.85. The molecule has 0 saturated carbocycles. The van der Waals surface area contributed by atoms with Gasteiger partial charge >= 0.3 is 0 Å². The van der Waals surface area contributed by atoms with E-state index < -0.39 is 6.04 Å². The fraction of sp³-hybridized carbons (Fsp3) is 0.421. The van der Waals surface area contributed by atoms with Gasteiger partial charge in [-0.05, 0) is 22.3 Å². The van der Waals surface area contributed by atoms with Gasteiger partial charge in [0, 0.05) is 13.1 Å². The lowest BCUT2D eigenvalue weighted by molar-refractivity contribution is -0.148. The lowest BCUT2D eigenvalue weighted by Crippen LogP contribution is -2.59. The zero-order valence-corrected chi connectivity index (χ0v) is 13.7. The third kappa shape index (κ3) is 3.38. The van der Waals surface area contributed by atoms with Gasteiger partial charge in [-0.15, -0.1) is 0 Å². The summed E-state index contributed by atoms with van der Waals surface area (Å²) < 4.78 is 5.96. The van der Waals surface area contributed by atoms with Crippen LogP contribution in [0.5, 0.6) is 0 Å². The van der Waals surface area contributed by atoms with Gasteiger partial charge in [-0.1, -0.05) is 56.3 Å². The second-order valence-electron chi connectivity index (χ2n) is 6.58. The van der Waals surface area contributed by atoms with Gasteiger partial charge in [0.15, 0.2) is 0 Å². The predicted molar refractivity (Wildman–Crippen MR) is 91.9 cm³/mol. The first kappa shape index (κ1) is 16.0. The fourth-order valence-corrected chi connectivity index (χ4v) is 2.85. The molecule has 1 amide bonds. The first-order chi connectivity index (χ1) is 11.1. The average molecular weight is 312 g/mol. The number of nitrogens with zero attached hydrogens (tertiary/aromatic N) is 1. The highest BCUT2D eigenvalue weighted by Crippen LogP contribution is 2.21. The second kappa shape index (κ2) is 6.69. The Labute approximate surface area is 137 Å². The first-order valence-corrected chi connectivity index (χ1v) is 8.19. The molecule has 1 heterocycles. The van der Waals surface area contributed by atoms with E-state index in [-0.39, 0.29) is 17.9 Å². The molecule has 1 saturated heterocycles. The van der Waals surface area contributed by atoms with E-state index in [4.69, 9.17) is 10.5 Å². The Morgan fingerprint density at radius 2 is 1.91 bits per heavy atom. The molecule has 2 aromatic carbocycles. The van der Waals surface area contributed by atoms with E-state index in [2.05, 4.69) is 30.3 Å². The van der Waals surface area contributed by atoms with Crippen molar-refractivity contribution in [3.8, 4) is 0 Å². The zero-order chi connectivity index (χ0) is 16.4. The highest BCUT2D eigenvalue weighted by Gasteiger charge is 2.34. The SMILES string of the molecule is CC(C)[C@H](N)C(=O)N1CC(OCc2cccc3ccccc23)C1. The molecular weight excluding hydrogens is 288 g/mol. The van der Waals surface area contributed by atoms with Crippen LogP contribution in [-0.2, 0) is 16.1 Å². The van der Waals surface area contributed by atoms with Crippen molar-refractivity contribution in [1.29, 1.82) is 0 Å². The van der Waals surface area contributed by atoms with Crippen molar-refractivity contribution >= 4 is 16.7 Å². The molecule has 0 bridgehead atoms. The normalized spacial score (nSPS) is 16.6. The summed E-state index contributed by atoms with van der Waals surface area (Å²) >= 11 is 0. The molecule has 1 atom stereocenters. The number of ether oxygens (including phenoxy) is 1. The summed E-state index contributed by atoms with van der Waals surface area (Å²) in [4.78, 5) is 13.9. The van der Waals surface area contributed by atoms with Gasteiger partial charge in [-0.2, -0.15) is 0 Å². The van der Waals surface area contributed by atoms with Gasteiger partial charge in [0.05, 0.1) is 18.8 Å². The summed E-state index contributed by atoms with van der Waals surface area (Å²) in [5.74, 6) is 0.197. The third-order valence-corrected chi connectivity index (χ3v) is 4.52. The number of likely N-dealkylation sites (tertiary alicyclic amines) is 1. The average Bonchev–Trinajstić information content (AvgIpc) is 2.52. The maximum Gasteiger partial charge on any atom is 0.239 e. The Morgan fingerprint density at radius 1 is 1.22 bits per heavy atom. The van der Waals surface area contributed by atoms with E-state index in [0.717, 1.165) is 0 Å². The molecule has 0 aliphatic carbocycles. The molecule has 2 aromatic rings. The molecule has 1 aliphatic heterocycles. The Bertz CT molecular complexity index is 687. The van der Waals surface area contributed by atoms with E-state index in [9.17, 15) is 4.79 Å². The van der Waals surface area contributed by atoms with E-state index >= 15 is 0 Å². The minimum absolute atomic E-state index is 0.0324. The minimum atomic E-state index is -0.408. The van der Waals surface area contributed by atoms with Crippen molar-refractivity contribution in [3.63, 3.8) is 0 Å². The van der Waals surface area contributed by atoms with Crippen molar-refractivity contribution in [2.45, 2.75) is 32.6 Å². The molecule has 1 fully saturated rings. The summed E-state index contributed by atoms with van der Waals surface area (Å²) in [6.07, 6.45) is 0.109. The lowest BCUT2D eigenvalue weighted by atomic mass is 10.0. The molecule has 3 rings (SSSR count). The summed E-state index contributed by atoms with van der Waals surface area (Å²) in [7, 11) is 0. The molecule has 122 valence electrons. The van der Waals surface area contributed by atoms with Crippen molar-refractivity contribution in [2.75, 3.05) is 13.1 Å². The number of fused-ring (bicyclic) bond motifs is 1. The zero-order valence-electron chi connectivity index (χ0n) is 13.7. The number of nitrogens with two attached hydrogens (primary N) is 1. The van der Waals surface area contributed by atoms with Crippen molar-refractivity contribution < 1.29 is 9.53 Å². The van der Waals surface area contributed by atoms with E-state index in [0.29, 0.717) is 19.7 Å². The first-order valence-electron chi connectivity index (χ1n) is 8.19. The Kier molecular flexibility index (Phi) is 4.64. The number of carbonyl (C=O) groups is 1. The molecule has 1 aliphatic rings. The van der Waals surface area contributed by atoms with Gasteiger partial charge in [-0.25, -0.2) is 0 Å². The van der Waals surface area contributed by atoms with Crippen LogP contribution in [-0.4, -0.2) is 36.0 Å². The van der Waals surface area contributed by atoms with Gasteiger partial charge in [0.1, 0.15) is 0 Å². The van der Waals surface area contributed by atoms with E-state index in [1.54, 1.807) is 4.90 Å². The van der Waals surface area contributed by atoms with Crippen LogP contribution in [0.2, 0.25) is 0 Å². The van der Waals surface area contributed by atoms with Crippen LogP contribution in [0.4, 0.5) is 0 Å². The number of hydrogen-bond donors (Lipinski definition) is 1. The largest absolute Gasteiger partial charge is 0.370 e. The van der Waals surface area contributed by atoms with Crippen LogP contribution in [0.3, 0.4) is 0 Å². The van der Waals surface area contributed by atoms with Crippen LogP contribution >= 0.6 is 0 Å². The van der Waals surface area contributed by atoms with Crippen LogP contribution in [0, 0.1) is 5.92 Å². The fourth-order valence-electron chi connectivity index (χ4n) is 2.85. The number of benzene rings is 2. The van der Waals surface area contributed by atoms with Gasteiger partial charge in [0.25, 0.3) is 0 Å². The Hall–Kier alpha value is -1.91. The molecule has 0 radical (unpaired) electrons. The van der Waals surface area contributed by atoms with Crippen LogP contribution < -0.4 is 5.73 Å². The quantitative estimate of drug-likeness (QED) is 0.923. The summed E-state index contributed by atoms with van der Waals surface area (Å²) in [6, 6.07) is 14.2. The molecule has 0 aromatic heterocycles. The number of carbonyl (C=O) groups excluding carboxylic acids is 1. The Balaban J connectivity index is 1.54. The van der Waals surface area contributed by atoms with Crippen molar-refractivity contribution in [2.24, 2.45) is 11.7 Å². The van der Waals surface area contributed by atoms with Gasteiger partial charge in [-0.3, -0.25) is 4.79 Å². The van der Waals surface area contributed by atoms with Crippen molar-refractivity contribution in [3.05, 3.63) is 48.0 Å². The highest BCUT2D eigenvalue weighted by atomic mass is 16.5. The van der Waals surface area contributed by atoms with Crippen LogP contribution in [0.25, 0.3) is 10.8 Å². The standard InChI is InChI=1S/C19H24N2O2/c1-13(2)18(20)19(22)21-10-16(11-21)23-12-15-8-5-7-14-6-3-4-9-17(14)15/h3-9,13,16,18H,10-12,20H2,1-2H3/t18-/m0/s1. The van der Waals surface area contributed by atoms with Crippen LogP contribution in [0.1, 0.15) is 19.4 Å². The Morgan fingerprint density at radius 3 is 2.65 bits per heavy atom. The van der Waals surface area contributed by atoms with Crippen molar-refractivity contribution in [1.82, 2.24) is 4.90 Å². The number of hydrogen-bond acceptors (Lipinski definition) is 3. The smallest absolute Gasteiger partial charge is 0.239 e. The molecule has 2 N–H and O–H groups in total. The van der Waals surface area contributed by atoms with E-state index in [1.807, 2.05) is 26.0 Å². The maximum atomic E-state index is 12.1. The summed E-state index contributed by atoms with van der Waals surface area (Å²) in [5, 5.41) is 2.45. The molecule has 0 unspecified atom stereocenters. The maximum absolute atomic E-state index is 12.1. The summed E-state index contributed by atoms with van der Waals surface area (Å²) in [6.45, 7) is 5.80. The van der Waals surface area contributed by atoms with Gasteiger partial charge < -0.3 is 15.4 Å². The minimum Gasteiger partial charge on any atom is -0.370 e. The lowest BCUT2D eigenvalue weighted by Gasteiger charge is -2.40. The predicted octanol–water partition coefficient (Wildman–Crippen LogP) is 2.55. The number of rotatable bonds is 5. The number of amides is 1. The third-order valence-electron chi connectivity index (χ3n) is 4.52. The monoisotopic (exact) mass is 312 g/mol. The molecule has 4 nitrogen and oxygen atoms in total. The second-order valence-corrected chi connectivity index (χ2v) is 6.58. The topological polar surface area (TPSA) is 55.6 Å². The molecule has 0 spiro atoms.